The number of nitrogens with one attached hydrogen (secondary N) is 1. The van der Waals surface area contributed by atoms with Crippen molar-refractivity contribution in [2.24, 2.45) is 5.92 Å². The van der Waals surface area contributed by atoms with Gasteiger partial charge in [-0.25, -0.2) is 0 Å². The zero-order valence-corrected chi connectivity index (χ0v) is 12.6. The average Bonchev–Trinajstić information content (AvgIpc) is 2.20. The Balaban J connectivity index is 2.66. The molecule has 0 heterocycles. The first-order valence-electron chi connectivity index (χ1n) is 5.66. The topological polar surface area (TPSA) is 29.1 Å². The van der Waals surface area contributed by atoms with E-state index in [-0.39, 0.29) is 11.9 Å². The van der Waals surface area contributed by atoms with Crippen LogP contribution in [0.25, 0.3) is 0 Å². The van der Waals surface area contributed by atoms with E-state index in [0.29, 0.717) is 16.5 Å². The molecule has 1 amide bonds. The molecule has 0 aliphatic rings. The van der Waals surface area contributed by atoms with E-state index >= 15 is 0 Å². The summed E-state index contributed by atoms with van der Waals surface area (Å²) in [5, 5.41) is 3.51. The van der Waals surface area contributed by atoms with Crippen LogP contribution in [0.4, 0.5) is 0 Å². The molecule has 1 rings (SSSR count). The average molecular weight is 319 g/mol. The van der Waals surface area contributed by atoms with Crippen LogP contribution >= 0.6 is 27.5 Å². The molecule has 0 radical (unpaired) electrons. The number of carbonyl (C=O) groups is 1. The second kappa shape index (κ2) is 6.41. The number of benzene rings is 1. The van der Waals surface area contributed by atoms with Gasteiger partial charge in [0.2, 0.25) is 0 Å². The molecule has 0 aliphatic heterocycles. The van der Waals surface area contributed by atoms with E-state index in [1.54, 1.807) is 18.2 Å². The van der Waals surface area contributed by atoms with Gasteiger partial charge in [0.05, 0.1) is 5.02 Å². The third kappa shape index (κ3) is 4.68. The van der Waals surface area contributed by atoms with E-state index in [9.17, 15) is 4.79 Å². The molecule has 0 aromatic heterocycles. The molecule has 0 saturated heterocycles. The summed E-state index contributed by atoms with van der Waals surface area (Å²) in [4.78, 5) is 11.9. The predicted molar refractivity (Wildman–Crippen MR) is 75.5 cm³/mol. The molecule has 1 unspecified atom stereocenters. The lowest BCUT2D eigenvalue weighted by Crippen LogP contribution is -2.33. The van der Waals surface area contributed by atoms with Gasteiger partial charge in [-0.1, -0.05) is 25.4 Å². The fraction of sp³-hybridized carbons (Fsp3) is 0.462. The molecular formula is C13H17BrClNO. The van der Waals surface area contributed by atoms with Crippen LogP contribution < -0.4 is 5.32 Å². The maximum absolute atomic E-state index is 11.9. The molecule has 1 atom stereocenters. The van der Waals surface area contributed by atoms with Crippen molar-refractivity contribution >= 4 is 33.4 Å². The van der Waals surface area contributed by atoms with E-state index in [4.69, 9.17) is 11.6 Å². The van der Waals surface area contributed by atoms with Crippen molar-refractivity contribution < 1.29 is 4.79 Å². The monoisotopic (exact) mass is 317 g/mol. The highest BCUT2D eigenvalue weighted by Gasteiger charge is 2.12. The zero-order valence-electron chi connectivity index (χ0n) is 10.3. The third-order valence-electron chi connectivity index (χ3n) is 2.38. The molecule has 0 bridgehead atoms. The van der Waals surface area contributed by atoms with Gasteiger partial charge in [0, 0.05) is 16.1 Å². The molecule has 1 aromatic rings. The van der Waals surface area contributed by atoms with Crippen LogP contribution in [-0.4, -0.2) is 11.9 Å². The van der Waals surface area contributed by atoms with Crippen LogP contribution in [0, 0.1) is 5.92 Å². The third-order valence-corrected chi connectivity index (χ3v) is 3.62. The molecule has 0 fully saturated rings. The van der Waals surface area contributed by atoms with Crippen LogP contribution in [0.5, 0.6) is 0 Å². The lowest BCUT2D eigenvalue weighted by Gasteiger charge is -2.16. The summed E-state index contributed by atoms with van der Waals surface area (Å²) in [5.74, 6) is 0.492. The molecule has 0 spiro atoms. The molecule has 17 heavy (non-hydrogen) atoms. The van der Waals surface area contributed by atoms with Crippen molar-refractivity contribution in [1.29, 1.82) is 0 Å². The number of hydrogen-bond donors (Lipinski definition) is 1. The van der Waals surface area contributed by atoms with Crippen LogP contribution in [0.2, 0.25) is 5.02 Å². The maximum atomic E-state index is 11.9. The molecule has 2 nitrogen and oxygen atoms in total. The van der Waals surface area contributed by atoms with Gasteiger partial charge < -0.3 is 5.32 Å². The van der Waals surface area contributed by atoms with Gasteiger partial charge in [-0.15, -0.1) is 0 Å². The number of hydrogen-bond acceptors (Lipinski definition) is 1. The molecular weight excluding hydrogens is 302 g/mol. The number of amides is 1. The van der Waals surface area contributed by atoms with E-state index < -0.39 is 0 Å². The minimum Gasteiger partial charge on any atom is -0.350 e. The standard InChI is InChI=1S/C13H17BrClNO/c1-8(2)6-9(3)16-13(17)10-4-5-11(14)12(15)7-10/h4-5,7-9H,6H2,1-3H3,(H,16,17). The van der Waals surface area contributed by atoms with E-state index in [1.165, 1.54) is 0 Å². The summed E-state index contributed by atoms with van der Waals surface area (Å²) in [6, 6.07) is 5.38. The normalized spacial score (nSPS) is 12.6. The van der Waals surface area contributed by atoms with Crippen molar-refractivity contribution in [3.8, 4) is 0 Å². The van der Waals surface area contributed by atoms with E-state index in [1.807, 2.05) is 6.92 Å². The summed E-state index contributed by atoms with van der Waals surface area (Å²) < 4.78 is 0.797. The van der Waals surface area contributed by atoms with Gasteiger partial charge in [-0.3, -0.25) is 4.79 Å². The SMILES string of the molecule is CC(C)CC(C)NC(=O)c1ccc(Br)c(Cl)c1. The number of rotatable bonds is 4. The Morgan fingerprint density at radius 2 is 2.06 bits per heavy atom. The fourth-order valence-corrected chi connectivity index (χ4v) is 2.14. The Morgan fingerprint density at radius 1 is 1.41 bits per heavy atom. The number of halogens is 2. The first-order chi connectivity index (χ1) is 7.90. The van der Waals surface area contributed by atoms with Crippen LogP contribution in [-0.2, 0) is 0 Å². The Hall–Kier alpha value is -0.540. The Labute approximate surface area is 116 Å². The first kappa shape index (κ1) is 14.5. The van der Waals surface area contributed by atoms with Gasteiger partial charge in [0.1, 0.15) is 0 Å². The zero-order chi connectivity index (χ0) is 13.0. The van der Waals surface area contributed by atoms with Gasteiger partial charge >= 0.3 is 0 Å². The van der Waals surface area contributed by atoms with Crippen molar-refractivity contribution in [2.45, 2.75) is 33.2 Å². The molecule has 0 saturated carbocycles. The molecule has 0 aliphatic carbocycles. The Kier molecular flexibility index (Phi) is 5.47. The minimum absolute atomic E-state index is 0.0763. The summed E-state index contributed by atoms with van der Waals surface area (Å²) in [6.45, 7) is 6.29. The lowest BCUT2D eigenvalue weighted by atomic mass is 10.0. The predicted octanol–water partition coefficient (Wildman–Crippen LogP) is 4.27. The van der Waals surface area contributed by atoms with E-state index in [2.05, 4.69) is 35.1 Å². The summed E-state index contributed by atoms with van der Waals surface area (Å²) in [7, 11) is 0. The van der Waals surface area contributed by atoms with Crippen LogP contribution in [0.3, 0.4) is 0 Å². The van der Waals surface area contributed by atoms with Crippen LogP contribution in [0.1, 0.15) is 37.6 Å². The summed E-state index contributed by atoms with van der Waals surface area (Å²) in [6.07, 6.45) is 0.968. The molecule has 94 valence electrons. The lowest BCUT2D eigenvalue weighted by molar-refractivity contribution is 0.0936. The highest BCUT2D eigenvalue weighted by molar-refractivity contribution is 9.10. The van der Waals surface area contributed by atoms with Crippen molar-refractivity contribution in [1.82, 2.24) is 5.32 Å². The molecule has 1 aromatic carbocycles. The van der Waals surface area contributed by atoms with Crippen molar-refractivity contribution in [3.05, 3.63) is 33.3 Å². The van der Waals surface area contributed by atoms with Crippen molar-refractivity contribution in [3.63, 3.8) is 0 Å². The summed E-state index contributed by atoms with van der Waals surface area (Å²) in [5.41, 5.74) is 0.591. The molecule has 4 heteroatoms. The highest BCUT2D eigenvalue weighted by atomic mass is 79.9. The van der Waals surface area contributed by atoms with Gasteiger partial charge in [-0.05, 0) is 53.4 Å². The van der Waals surface area contributed by atoms with Gasteiger partial charge in [0.25, 0.3) is 5.91 Å². The first-order valence-corrected chi connectivity index (χ1v) is 6.83. The van der Waals surface area contributed by atoms with Gasteiger partial charge in [0.15, 0.2) is 0 Å². The maximum Gasteiger partial charge on any atom is 0.251 e. The second-order valence-electron chi connectivity index (χ2n) is 4.63. The van der Waals surface area contributed by atoms with Crippen LogP contribution in [0.15, 0.2) is 22.7 Å². The largest absolute Gasteiger partial charge is 0.350 e. The van der Waals surface area contributed by atoms with E-state index in [0.717, 1.165) is 10.9 Å². The smallest absolute Gasteiger partial charge is 0.251 e. The minimum atomic E-state index is -0.0763. The quantitative estimate of drug-likeness (QED) is 0.882. The fourth-order valence-electron chi connectivity index (χ4n) is 1.71. The van der Waals surface area contributed by atoms with Crippen molar-refractivity contribution in [2.75, 3.05) is 0 Å². The highest BCUT2D eigenvalue weighted by Crippen LogP contribution is 2.23. The van der Waals surface area contributed by atoms with Gasteiger partial charge in [-0.2, -0.15) is 0 Å². The second-order valence-corrected chi connectivity index (χ2v) is 5.89. The Morgan fingerprint density at radius 3 is 2.59 bits per heavy atom. The Bertz CT molecular complexity index is 406. The summed E-state index contributed by atoms with van der Waals surface area (Å²) >= 11 is 9.25. The number of carbonyl (C=O) groups excluding carboxylic acids is 1. The molecule has 1 N–H and O–H groups in total.